The van der Waals surface area contributed by atoms with Crippen LogP contribution in [-0.2, 0) is 10.4 Å². The lowest BCUT2D eigenvalue weighted by atomic mass is 9.80. The van der Waals surface area contributed by atoms with E-state index in [1.165, 1.54) is 0 Å². The van der Waals surface area contributed by atoms with Gasteiger partial charge in [0.2, 0.25) is 0 Å². The van der Waals surface area contributed by atoms with E-state index in [9.17, 15) is 9.90 Å². The third-order valence-corrected chi connectivity index (χ3v) is 4.97. The molecule has 0 aromatic heterocycles. The summed E-state index contributed by atoms with van der Waals surface area (Å²) in [6.45, 7) is 0. The molecule has 1 atom stereocenters. The van der Waals surface area contributed by atoms with Gasteiger partial charge in [0.25, 0.3) is 5.60 Å². The number of phenolic OH excluding ortho intramolecular Hbond substituents is 1. The zero-order chi connectivity index (χ0) is 17.9. The van der Waals surface area contributed by atoms with Gasteiger partial charge in [-0.05, 0) is 36.4 Å². The van der Waals surface area contributed by atoms with E-state index in [0.29, 0.717) is 22.6 Å². The second kappa shape index (κ2) is 5.02. The van der Waals surface area contributed by atoms with Crippen LogP contribution in [0, 0.1) is 0 Å². The van der Waals surface area contributed by atoms with Crippen LogP contribution in [0.25, 0.3) is 0 Å². The summed E-state index contributed by atoms with van der Waals surface area (Å²) in [5, 5.41) is 10.1. The SMILES string of the molecule is CN1c2ccccc2C2(Oc3ccccc3OC2=O)c2cc(O)ccc21. The van der Waals surface area contributed by atoms with E-state index < -0.39 is 11.6 Å². The van der Waals surface area contributed by atoms with Crippen LogP contribution >= 0.6 is 0 Å². The Morgan fingerprint density at radius 1 is 0.885 bits per heavy atom. The monoisotopic (exact) mass is 345 g/mol. The maximum Gasteiger partial charge on any atom is 0.365 e. The van der Waals surface area contributed by atoms with Gasteiger partial charge in [0.1, 0.15) is 5.75 Å². The highest BCUT2D eigenvalue weighted by Gasteiger charge is 2.55. The third-order valence-electron chi connectivity index (χ3n) is 4.97. The molecule has 128 valence electrons. The maximum atomic E-state index is 13.2. The molecule has 0 amide bonds. The van der Waals surface area contributed by atoms with E-state index in [2.05, 4.69) is 0 Å². The molecule has 2 heterocycles. The number of rotatable bonds is 0. The molecule has 2 aliphatic heterocycles. The normalized spacial score (nSPS) is 19.9. The first-order valence-electron chi connectivity index (χ1n) is 8.28. The van der Waals surface area contributed by atoms with E-state index in [-0.39, 0.29) is 5.75 Å². The summed E-state index contributed by atoms with van der Waals surface area (Å²) < 4.78 is 12.0. The molecule has 0 bridgehead atoms. The van der Waals surface area contributed by atoms with Crippen molar-refractivity contribution >= 4 is 17.3 Å². The summed E-state index contributed by atoms with van der Waals surface area (Å²) >= 11 is 0. The van der Waals surface area contributed by atoms with Crippen molar-refractivity contribution in [1.29, 1.82) is 0 Å². The van der Waals surface area contributed by atoms with Crippen molar-refractivity contribution in [1.82, 2.24) is 0 Å². The molecule has 0 radical (unpaired) electrons. The second-order valence-electron chi connectivity index (χ2n) is 6.40. The Balaban J connectivity index is 1.86. The molecule has 3 aromatic carbocycles. The molecule has 0 fully saturated rings. The third kappa shape index (κ3) is 1.77. The summed E-state index contributed by atoms with van der Waals surface area (Å²) in [5.74, 6) is 0.414. The Kier molecular flexibility index (Phi) is 2.86. The van der Waals surface area contributed by atoms with Crippen molar-refractivity contribution in [3.8, 4) is 17.2 Å². The van der Waals surface area contributed by atoms with Crippen LogP contribution in [-0.4, -0.2) is 18.1 Å². The number of benzene rings is 3. The topological polar surface area (TPSA) is 59.0 Å². The summed E-state index contributed by atoms with van der Waals surface area (Å²) in [4.78, 5) is 15.2. The summed E-state index contributed by atoms with van der Waals surface area (Å²) in [6.07, 6.45) is 0. The van der Waals surface area contributed by atoms with E-state index in [1.807, 2.05) is 42.3 Å². The molecular weight excluding hydrogens is 330 g/mol. The van der Waals surface area contributed by atoms with Crippen LogP contribution in [0.5, 0.6) is 17.2 Å². The Hall–Kier alpha value is -3.47. The number of anilines is 2. The maximum absolute atomic E-state index is 13.2. The van der Waals surface area contributed by atoms with Crippen LogP contribution in [0.4, 0.5) is 11.4 Å². The van der Waals surface area contributed by atoms with Crippen LogP contribution in [0.3, 0.4) is 0 Å². The summed E-state index contributed by atoms with van der Waals surface area (Å²) in [5.41, 5.74) is 1.39. The van der Waals surface area contributed by atoms with Gasteiger partial charge in [-0.1, -0.05) is 30.3 Å². The molecule has 0 aliphatic carbocycles. The van der Waals surface area contributed by atoms with Gasteiger partial charge >= 0.3 is 5.97 Å². The molecule has 2 aliphatic rings. The predicted octanol–water partition coefficient (Wildman–Crippen LogP) is 3.72. The fourth-order valence-electron chi connectivity index (χ4n) is 3.76. The van der Waals surface area contributed by atoms with Gasteiger partial charge in [-0.25, -0.2) is 4.79 Å². The molecule has 1 unspecified atom stereocenters. The van der Waals surface area contributed by atoms with Gasteiger partial charge < -0.3 is 19.5 Å². The van der Waals surface area contributed by atoms with Crippen molar-refractivity contribution in [2.45, 2.75) is 5.60 Å². The molecule has 0 saturated heterocycles. The minimum atomic E-state index is -1.47. The summed E-state index contributed by atoms with van der Waals surface area (Å²) in [7, 11) is 1.92. The lowest BCUT2D eigenvalue weighted by molar-refractivity contribution is -0.153. The number of para-hydroxylation sites is 3. The van der Waals surface area contributed by atoms with Gasteiger partial charge in [0.15, 0.2) is 11.5 Å². The van der Waals surface area contributed by atoms with Gasteiger partial charge in [0, 0.05) is 29.5 Å². The molecule has 1 spiro atoms. The quantitative estimate of drug-likeness (QED) is 0.497. The van der Waals surface area contributed by atoms with Crippen molar-refractivity contribution in [2.75, 3.05) is 11.9 Å². The molecule has 1 N–H and O–H groups in total. The van der Waals surface area contributed by atoms with E-state index in [0.717, 1.165) is 11.4 Å². The number of phenols is 1. The van der Waals surface area contributed by atoms with Gasteiger partial charge in [0.05, 0.1) is 0 Å². The molecule has 0 saturated carbocycles. The van der Waals surface area contributed by atoms with Gasteiger partial charge in [-0.3, -0.25) is 0 Å². The van der Waals surface area contributed by atoms with Crippen molar-refractivity contribution in [3.63, 3.8) is 0 Å². The molecule has 5 heteroatoms. The lowest BCUT2D eigenvalue weighted by Gasteiger charge is -2.44. The van der Waals surface area contributed by atoms with Crippen molar-refractivity contribution < 1.29 is 19.4 Å². The lowest BCUT2D eigenvalue weighted by Crippen LogP contribution is -2.51. The first kappa shape index (κ1) is 14.8. The molecule has 3 aromatic rings. The van der Waals surface area contributed by atoms with E-state index in [4.69, 9.17) is 9.47 Å². The number of esters is 1. The molecule has 26 heavy (non-hydrogen) atoms. The first-order valence-corrected chi connectivity index (χ1v) is 8.28. The van der Waals surface area contributed by atoms with Crippen LogP contribution < -0.4 is 14.4 Å². The minimum absolute atomic E-state index is 0.0613. The van der Waals surface area contributed by atoms with Crippen LogP contribution in [0.1, 0.15) is 11.1 Å². The predicted molar refractivity (Wildman–Crippen MR) is 96.1 cm³/mol. The number of hydrogen-bond acceptors (Lipinski definition) is 5. The fraction of sp³-hybridized carbons (Fsp3) is 0.0952. The van der Waals surface area contributed by atoms with Crippen molar-refractivity contribution in [3.05, 3.63) is 77.9 Å². The highest BCUT2D eigenvalue weighted by molar-refractivity contribution is 5.97. The van der Waals surface area contributed by atoms with Crippen molar-refractivity contribution in [2.24, 2.45) is 0 Å². The second-order valence-corrected chi connectivity index (χ2v) is 6.40. The number of carbonyl (C=O) groups excluding carboxylic acids is 1. The largest absolute Gasteiger partial charge is 0.508 e. The van der Waals surface area contributed by atoms with E-state index in [1.54, 1.807) is 36.4 Å². The highest BCUT2D eigenvalue weighted by Crippen LogP contribution is 2.53. The number of aromatic hydroxyl groups is 1. The highest BCUT2D eigenvalue weighted by atomic mass is 16.6. The minimum Gasteiger partial charge on any atom is -0.508 e. The Labute approximate surface area is 150 Å². The Morgan fingerprint density at radius 2 is 1.58 bits per heavy atom. The Bertz CT molecular complexity index is 1060. The number of carbonyl (C=O) groups is 1. The zero-order valence-electron chi connectivity index (χ0n) is 14.0. The molecular formula is C21H15NO4. The average Bonchev–Trinajstić information content (AvgIpc) is 2.66. The number of ether oxygens (including phenoxy) is 2. The standard InChI is InChI=1S/C21H15NO4/c1-22-16-7-3-2-6-14(16)21(15-12-13(23)10-11-17(15)22)20(24)25-18-8-4-5-9-19(18)26-21/h2-12,23H,1H3. The Morgan fingerprint density at radius 3 is 2.42 bits per heavy atom. The molecule has 5 nitrogen and oxygen atoms in total. The van der Waals surface area contributed by atoms with E-state index >= 15 is 0 Å². The number of fused-ring (bicyclic) bond motifs is 5. The average molecular weight is 345 g/mol. The number of hydrogen-bond donors (Lipinski definition) is 1. The first-order chi connectivity index (χ1) is 12.6. The van der Waals surface area contributed by atoms with Crippen LogP contribution in [0.2, 0.25) is 0 Å². The summed E-state index contributed by atoms with van der Waals surface area (Å²) in [6, 6.07) is 19.6. The zero-order valence-corrected chi connectivity index (χ0v) is 14.0. The smallest absolute Gasteiger partial charge is 0.365 e. The van der Waals surface area contributed by atoms with Gasteiger partial charge in [-0.2, -0.15) is 0 Å². The van der Waals surface area contributed by atoms with Crippen LogP contribution in [0.15, 0.2) is 66.7 Å². The van der Waals surface area contributed by atoms with Gasteiger partial charge in [-0.15, -0.1) is 0 Å². The number of nitrogens with zero attached hydrogens (tertiary/aromatic N) is 1. The molecule has 5 rings (SSSR count). The fourth-order valence-corrected chi connectivity index (χ4v) is 3.76.